The summed E-state index contributed by atoms with van der Waals surface area (Å²) < 4.78 is 1.98. The van der Waals surface area contributed by atoms with Gasteiger partial charge >= 0.3 is 17.9 Å². The molecule has 146 valence electrons. The number of carbonyl (C=O) groups is 4. The molecule has 10 nitrogen and oxygen atoms in total. The molecule has 10 heteroatoms. The van der Waals surface area contributed by atoms with Crippen LogP contribution in [0, 0.1) is 0 Å². The first-order valence-corrected chi connectivity index (χ1v) is 7.66. The maximum atomic E-state index is 10.6. The normalized spacial score (nSPS) is 10.8. The summed E-state index contributed by atoms with van der Waals surface area (Å²) in [5, 5.41) is 33.8. The first-order chi connectivity index (χ1) is 12.0. The summed E-state index contributed by atoms with van der Waals surface area (Å²) in [4.78, 5) is 43.2. The van der Waals surface area contributed by atoms with Crippen LogP contribution in [0.2, 0.25) is 0 Å². The number of aryl methyl sites for hydroxylation is 1. The molecule has 0 fully saturated rings. The summed E-state index contributed by atoms with van der Waals surface area (Å²) in [5.74, 6) is -5.02. The predicted octanol–water partition coefficient (Wildman–Crippen LogP) is 0.00380. The number of carboxylic acid groups (broad SMARTS) is 3. The van der Waals surface area contributed by atoms with E-state index in [1.54, 1.807) is 0 Å². The van der Waals surface area contributed by atoms with Gasteiger partial charge in [-0.2, -0.15) is 0 Å². The lowest BCUT2D eigenvalue weighted by atomic mass is 9.96. The van der Waals surface area contributed by atoms with E-state index in [2.05, 4.69) is 19.0 Å². The molecule has 1 aromatic heterocycles. The smallest absolute Gasteiger partial charge is 0.336 e. The van der Waals surface area contributed by atoms with E-state index >= 15 is 0 Å². The van der Waals surface area contributed by atoms with Crippen molar-refractivity contribution in [2.45, 2.75) is 31.4 Å². The van der Waals surface area contributed by atoms with Crippen LogP contribution in [0.25, 0.3) is 0 Å². The molecule has 0 aliphatic heterocycles. The van der Waals surface area contributed by atoms with E-state index in [9.17, 15) is 19.2 Å². The first kappa shape index (κ1) is 23.3. The van der Waals surface area contributed by atoms with Crippen molar-refractivity contribution in [1.82, 2.24) is 9.47 Å². The molecule has 26 heavy (non-hydrogen) atoms. The largest absolute Gasteiger partial charge is 0.481 e. The Hall–Kier alpha value is -2.72. The van der Waals surface area contributed by atoms with E-state index in [1.807, 2.05) is 22.9 Å². The molecule has 1 aromatic rings. The highest BCUT2D eigenvalue weighted by molar-refractivity contribution is 5.88. The van der Waals surface area contributed by atoms with Gasteiger partial charge in [-0.15, -0.1) is 0 Å². The predicted molar refractivity (Wildman–Crippen MR) is 90.1 cm³/mol. The van der Waals surface area contributed by atoms with Gasteiger partial charge < -0.3 is 29.9 Å². The highest BCUT2D eigenvalue weighted by atomic mass is 16.4. The topological polar surface area (TPSA) is 157 Å². The van der Waals surface area contributed by atoms with Crippen molar-refractivity contribution in [3.63, 3.8) is 0 Å². The van der Waals surface area contributed by atoms with Crippen LogP contribution in [0.4, 0.5) is 0 Å². The fourth-order valence-corrected chi connectivity index (χ4v) is 2.01. The summed E-state index contributed by atoms with van der Waals surface area (Å²) in [6.07, 6.45) is 1.63. The number of aldehydes is 1. The van der Waals surface area contributed by atoms with Crippen LogP contribution < -0.4 is 0 Å². The van der Waals surface area contributed by atoms with Gasteiger partial charge in [0, 0.05) is 12.7 Å². The van der Waals surface area contributed by atoms with Crippen LogP contribution >= 0.6 is 0 Å². The molecule has 0 unspecified atom stereocenters. The number of carboxylic acids is 3. The van der Waals surface area contributed by atoms with Crippen molar-refractivity contribution in [2.24, 2.45) is 0 Å². The lowest BCUT2D eigenvalue weighted by molar-refractivity contribution is -0.170. The van der Waals surface area contributed by atoms with Gasteiger partial charge in [0.2, 0.25) is 0 Å². The van der Waals surface area contributed by atoms with E-state index in [0.29, 0.717) is 0 Å². The minimum atomic E-state index is -2.74. The average molecular weight is 372 g/mol. The Morgan fingerprint density at radius 1 is 1.15 bits per heavy atom. The molecule has 0 spiro atoms. The second-order valence-electron chi connectivity index (χ2n) is 5.88. The van der Waals surface area contributed by atoms with Crippen LogP contribution in [0.15, 0.2) is 18.3 Å². The maximum Gasteiger partial charge on any atom is 0.336 e. The Labute approximate surface area is 150 Å². The van der Waals surface area contributed by atoms with E-state index in [4.69, 9.17) is 20.4 Å². The first-order valence-electron chi connectivity index (χ1n) is 7.66. The molecule has 0 bridgehead atoms. The van der Waals surface area contributed by atoms with Crippen molar-refractivity contribution in [1.29, 1.82) is 0 Å². The fourth-order valence-electron chi connectivity index (χ4n) is 2.01. The van der Waals surface area contributed by atoms with E-state index in [1.165, 1.54) is 0 Å². The number of aliphatic hydroxyl groups is 1. The van der Waals surface area contributed by atoms with Gasteiger partial charge in [0.05, 0.1) is 18.5 Å². The third-order valence-corrected chi connectivity index (χ3v) is 3.28. The van der Waals surface area contributed by atoms with Gasteiger partial charge in [-0.25, -0.2) is 4.79 Å². The monoisotopic (exact) mass is 372 g/mol. The molecular formula is C16H24N2O8. The highest BCUT2D eigenvalue weighted by Crippen LogP contribution is 2.15. The van der Waals surface area contributed by atoms with Crippen molar-refractivity contribution in [2.75, 3.05) is 20.6 Å². The summed E-state index contributed by atoms with van der Waals surface area (Å²) in [6.45, 7) is 1.97. The summed E-state index contributed by atoms with van der Waals surface area (Å²) in [6, 6.07) is 3.74. The molecule has 0 amide bonds. The van der Waals surface area contributed by atoms with Gasteiger partial charge in [-0.1, -0.05) is 0 Å². The van der Waals surface area contributed by atoms with Crippen LogP contribution in [0.1, 0.15) is 29.8 Å². The molecule has 0 aliphatic rings. The zero-order valence-electron chi connectivity index (χ0n) is 14.7. The molecule has 4 N–H and O–H groups in total. The molecule has 1 heterocycles. The van der Waals surface area contributed by atoms with Crippen molar-refractivity contribution >= 4 is 24.2 Å². The lowest BCUT2D eigenvalue weighted by Gasteiger charge is -2.18. The van der Waals surface area contributed by atoms with Crippen molar-refractivity contribution < 1.29 is 39.6 Å². The zero-order valence-corrected chi connectivity index (χ0v) is 14.7. The van der Waals surface area contributed by atoms with Crippen molar-refractivity contribution in [3.8, 4) is 0 Å². The number of aromatic nitrogens is 1. The van der Waals surface area contributed by atoms with Crippen LogP contribution in [-0.4, -0.2) is 80.3 Å². The van der Waals surface area contributed by atoms with Gasteiger partial charge in [-0.05, 0) is 39.2 Å². The third-order valence-electron chi connectivity index (χ3n) is 3.28. The molecule has 0 radical (unpaired) electrons. The minimum Gasteiger partial charge on any atom is -0.481 e. The standard InChI is InChI=1S/C10H16N2O.C6H8O7/c1-11(2)6-4-8-12-7-3-5-10(12)9-13;7-3(8)1-6(13,5(11)12)2-4(9)10/h3,5,7,9H,4,6,8H2,1-2H3;13H,1-2H2,(H,7,8)(H,9,10)(H,11,12). The second kappa shape index (κ2) is 11.0. The summed E-state index contributed by atoms with van der Waals surface area (Å²) in [7, 11) is 4.10. The lowest BCUT2D eigenvalue weighted by Crippen LogP contribution is -2.42. The van der Waals surface area contributed by atoms with Crippen LogP contribution in [0.3, 0.4) is 0 Å². The fraction of sp³-hybridized carbons (Fsp3) is 0.500. The highest BCUT2D eigenvalue weighted by Gasteiger charge is 2.40. The summed E-state index contributed by atoms with van der Waals surface area (Å²) >= 11 is 0. The van der Waals surface area contributed by atoms with Gasteiger partial charge in [0.25, 0.3) is 0 Å². The molecule has 1 rings (SSSR count). The Morgan fingerprint density at radius 3 is 2.08 bits per heavy atom. The number of hydrogen-bond acceptors (Lipinski definition) is 6. The van der Waals surface area contributed by atoms with Gasteiger partial charge in [0.1, 0.15) is 0 Å². The molecular weight excluding hydrogens is 348 g/mol. The minimum absolute atomic E-state index is 0.763. The Balaban J connectivity index is 0.000000481. The molecule has 0 saturated heterocycles. The Kier molecular flexibility index (Phi) is 9.85. The van der Waals surface area contributed by atoms with E-state index in [0.717, 1.165) is 31.5 Å². The second-order valence-corrected chi connectivity index (χ2v) is 5.88. The van der Waals surface area contributed by atoms with Gasteiger partial charge in [-0.3, -0.25) is 14.4 Å². The van der Waals surface area contributed by atoms with Crippen molar-refractivity contribution in [3.05, 3.63) is 24.0 Å². The molecule has 0 atom stereocenters. The van der Waals surface area contributed by atoms with Gasteiger partial charge in [0.15, 0.2) is 11.9 Å². The number of aliphatic carboxylic acids is 3. The summed E-state index contributed by atoms with van der Waals surface area (Å²) in [5.41, 5.74) is -1.98. The Morgan fingerprint density at radius 2 is 1.69 bits per heavy atom. The van der Waals surface area contributed by atoms with Crippen LogP contribution in [0.5, 0.6) is 0 Å². The van der Waals surface area contributed by atoms with Crippen LogP contribution in [-0.2, 0) is 20.9 Å². The number of carbonyl (C=O) groups excluding carboxylic acids is 1. The maximum absolute atomic E-state index is 10.6. The molecule has 0 aliphatic carbocycles. The number of nitrogens with zero attached hydrogens (tertiary/aromatic N) is 2. The molecule has 0 saturated carbocycles. The zero-order chi connectivity index (χ0) is 20.3. The number of rotatable bonds is 10. The Bertz CT molecular complexity index is 608. The SMILES string of the molecule is CN(C)CCCn1cccc1C=O.O=C(O)CC(O)(CC(=O)O)C(=O)O. The average Bonchev–Trinajstić information content (AvgIpc) is 2.93. The molecule has 0 aromatic carbocycles. The quantitative estimate of drug-likeness (QED) is 0.415. The third kappa shape index (κ3) is 8.94. The number of hydrogen-bond donors (Lipinski definition) is 4. The van der Waals surface area contributed by atoms with E-state index in [-0.39, 0.29) is 0 Å². The van der Waals surface area contributed by atoms with E-state index < -0.39 is 36.4 Å².